The van der Waals surface area contributed by atoms with Crippen LogP contribution in [0.15, 0.2) is 39.7 Å². The van der Waals surface area contributed by atoms with Gasteiger partial charge in [-0.15, -0.1) is 0 Å². The van der Waals surface area contributed by atoms with E-state index in [0.717, 1.165) is 0 Å². The lowest BCUT2D eigenvalue weighted by Gasteiger charge is -2.14. The number of rotatable bonds is 3. The van der Waals surface area contributed by atoms with Crippen molar-refractivity contribution in [1.82, 2.24) is 15.0 Å². The highest BCUT2D eigenvalue weighted by Gasteiger charge is 2.47. The molecule has 2 aromatic heterocycles. The Bertz CT molecular complexity index is 721. The zero-order valence-electron chi connectivity index (χ0n) is 11.6. The first-order valence-electron chi connectivity index (χ1n) is 7.09. The molecule has 0 unspecified atom stereocenters. The van der Waals surface area contributed by atoms with Gasteiger partial charge in [0.05, 0.1) is 30.2 Å². The Morgan fingerprint density at radius 1 is 1.18 bits per heavy atom. The van der Waals surface area contributed by atoms with Crippen LogP contribution >= 0.6 is 0 Å². The minimum absolute atomic E-state index is 0.0476. The van der Waals surface area contributed by atoms with E-state index in [-0.39, 0.29) is 30.2 Å². The van der Waals surface area contributed by atoms with Gasteiger partial charge in [-0.05, 0) is 18.9 Å². The van der Waals surface area contributed by atoms with Gasteiger partial charge in [0.1, 0.15) is 6.26 Å². The van der Waals surface area contributed by atoms with E-state index >= 15 is 0 Å². The lowest BCUT2D eigenvalue weighted by atomic mass is 9.85. The van der Waals surface area contributed by atoms with Gasteiger partial charge in [-0.25, -0.2) is 0 Å². The minimum atomic E-state index is -0.238. The summed E-state index contributed by atoms with van der Waals surface area (Å²) in [5, 5.41) is 3.83. The molecule has 22 heavy (non-hydrogen) atoms. The fourth-order valence-electron chi connectivity index (χ4n) is 2.99. The van der Waals surface area contributed by atoms with E-state index < -0.39 is 0 Å². The number of carbonyl (C=O) groups excluding carboxylic acids is 2. The molecule has 0 aromatic carbocycles. The topological polar surface area (TPSA) is 89.4 Å². The molecule has 112 valence electrons. The molecule has 7 heteroatoms. The summed E-state index contributed by atoms with van der Waals surface area (Å²) in [6.45, 7) is 0.0476. The maximum atomic E-state index is 12.4. The van der Waals surface area contributed by atoms with Gasteiger partial charge >= 0.3 is 0 Å². The van der Waals surface area contributed by atoms with Crippen molar-refractivity contribution in [2.75, 3.05) is 0 Å². The molecule has 0 spiro atoms. The zero-order chi connectivity index (χ0) is 15.1. The summed E-state index contributed by atoms with van der Waals surface area (Å²) in [7, 11) is 0. The Kier molecular flexibility index (Phi) is 2.92. The van der Waals surface area contributed by atoms with Crippen LogP contribution in [0.4, 0.5) is 0 Å². The summed E-state index contributed by atoms with van der Waals surface area (Å²) < 4.78 is 10.1. The van der Waals surface area contributed by atoms with Gasteiger partial charge in [-0.2, -0.15) is 4.98 Å². The molecule has 1 aliphatic heterocycles. The number of hydrogen-bond donors (Lipinski definition) is 0. The molecule has 1 fully saturated rings. The number of fused-ring (bicyclic) bond motifs is 1. The average Bonchev–Trinajstić information content (AvgIpc) is 3.25. The van der Waals surface area contributed by atoms with Crippen LogP contribution in [0.5, 0.6) is 0 Å². The Balaban J connectivity index is 1.54. The summed E-state index contributed by atoms with van der Waals surface area (Å²) in [4.78, 5) is 30.2. The first-order chi connectivity index (χ1) is 10.7. The molecule has 7 nitrogen and oxygen atoms in total. The van der Waals surface area contributed by atoms with Crippen LogP contribution in [0.3, 0.4) is 0 Å². The minimum Gasteiger partial charge on any atom is -0.472 e. The molecule has 2 amide bonds. The van der Waals surface area contributed by atoms with E-state index in [1.807, 2.05) is 12.2 Å². The van der Waals surface area contributed by atoms with Crippen molar-refractivity contribution < 1.29 is 18.5 Å². The molecule has 2 atom stereocenters. The van der Waals surface area contributed by atoms with Gasteiger partial charge in [-0.1, -0.05) is 17.3 Å². The quantitative estimate of drug-likeness (QED) is 0.634. The monoisotopic (exact) mass is 299 g/mol. The molecule has 1 saturated heterocycles. The van der Waals surface area contributed by atoms with Crippen molar-refractivity contribution >= 4 is 11.8 Å². The van der Waals surface area contributed by atoms with Crippen LogP contribution in [-0.2, 0) is 16.1 Å². The van der Waals surface area contributed by atoms with Gasteiger partial charge in [0, 0.05) is 0 Å². The highest BCUT2D eigenvalue weighted by molar-refractivity contribution is 6.05. The highest BCUT2D eigenvalue weighted by atomic mass is 16.5. The highest BCUT2D eigenvalue weighted by Crippen LogP contribution is 2.35. The Morgan fingerprint density at radius 2 is 1.91 bits per heavy atom. The van der Waals surface area contributed by atoms with Crippen molar-refractivity contribution in [2.45, 2.75) is 19.4 Å². The van der Waals surface area contributed by atoms with Crippen LogP contribution < -0.4 is 0 Å². The molecule has 3 heterocycles. The van der Waals surface area contributed by atoms with Gasteiger partial charge in [0.15, 0.2) is 5.82 Å². The summed E-state index contributed by atoms with van der Waals surface area (Å²) >= 11 is 0. The molecule has 4 rings (SSSR count). The first-order valence-corrected chi connectivity index (χ1v) is 7.09. The predicted molar refractivity (Wildman–Crippen MR) is 72.9 cm³/mol. The predicted octanol–water partition coefficient (Wildman–Crippen LogP) is 1.78. The van der Waals surface area contributed by atoms with Crippen molar-refractivity contribution in [2.24, 2.45) is 11.8 Å². The third kappa shape index (κ3) is 1.97. The van der Waals surface area contributed by atoms with Crippen LogP contribution in [0, 0.1) is 11.8 Å². The lowest BCUT2D eigenvalue weighted by molar-refractivity contribution is -0.140. The fraction of sp³-hybridized carbons (Fsp3) is 0.333. The molecule has 0 bridgehead atoms. The number of nitrogens with zero attached hydrogens (tertiary/aromatic N) is 3. The number of aromatic nitrogens is 2. The van der Waals surface area contributed by atoms with Crippen molar-refractivity contribution in [3.63, 3.8) is 0 Å². The SMILES string of the molecule is O=C1[C@H]2CC=CC[C@H]2C(=O)N1Cc1noc(-c2ccoc2)n1. The van der Waals surface area contributed by atoms with Crippen LogP contribution in [0.25, 0.3) is 11.5 Å². The molecule has 0 N–H and O–H groups in total. The summed E-state index contributed by atoms with van der Waals surface area (Å²) in [6, 6.07) is 1.70. The number of imide groups is 1. The molecular weight excluding hydrogens is 286 g/mol. The maximum absolute atomic E-state index is 12.4. The number of allylic oxidation sites excluding steroid dienone is 2. The number of carbonyl (C=O) groups is 2. The van der Waals surface area contributed by atoms with Crippen LogP contribution in [0.2, 0.25) is 0 Å². The van der Waals surface area contributed by atoms with E-state index in [1.165, 1.54) is 17.4 Å². The summed E-state index contributed by atoms with van der Waals surface area (Å²) in [5.41, 5.74) is 0.663. The van der Waals surface area contributed by atoms with Crippen molar-refractivity contribution in [3.8, 4) is 11.5 Å². The summed E-state index contributed by atoms with van der Waals surface area (Å²) in [6.07, 6.45) is 8.16. The third-order valence-electron chi connectivity index (χ3n) is 4.13. The largest absolute Gasteiger partial charge is 0.472 e. The van der Waals surface area contributed by atoms with Gasteiger partial charge in [0.25, 0.3) is 5.89 Å². The molecule has 0 saturated carbocycles. The number of amides is 2. The maximum Gasteiger partial charge on any atom is 0.261 e. The Labute approximate surface area is 125 Å². The zero-order valence-corrected chi connectivity index (χ0v) is 11.6. The van der Waals surface area contributed by atoms with Gasteiger partial charge < -0.3 is 8.94 Å². The van der Waals surface area contributed by atoms with Crippen molar-refractivity contribution in [1.29, 1.82) is 0 Å². The van der Waals surface area contributed by atoms with Crippen LogP contribution in [0.1, 0.15) is 18.7 Å². The summed E-state index contributed by atoms with van der Waals surface area (Å²) in [5.74, 6) is -0.148. The lowest BCUT2D eigenvalue weighted by Crippen LogP contribution is -2.31. The second kappa shape index (κ2) is 4.94. The van der Waals surface area contributed by atoms with E-state index in [2.05, 4.69) is 10.1 Å². The standard InChI is InChI=1S/C15H13N3O4/c19-14-10-3-1-2-4-11(10)15(20)18(14)7-12-16-13(22-17-12)9-5-6-21-8-9/h1-2,5-6,8,10-11H,3-4,7H2/t10-,11+. The molecule has 2 aromatic rings. The van der Waals surface area contributed by atoms with Gasteiger partial charge in [-0.3, -0.25) is 14.5 Å². The Hall–Kier alpha value is -2.70. The van der Waals surface area contributed by atoms with E-state index in [0.29, 0.717) is 30.1 Å². The van der Waals surface area contributed by atoms with E-state index in [1.54, 1.807) is 6.07 Å². The molecular formula is C15H13N3O4. The van der Waals surface area contributed by atoms with E-state index in [4.69, 9.17) is 8.94 Å². The second-order valence-corrected chi connectivity index (χ2v) is 5.45. The first kappa shape index (κ1) is 13.0. The average molecular weight is 299 g/mol. The number of likely N-dealkylation sites (tertiary alicyclic amines) is 1. The molecule has 0 radical (unpaired) electrons. The third-order valence-corrected chi connectivity index (χ3v) is 4.13. The number of furan rings is 1. The van der Waals surface area contributed by atoms with Crippen molar-refractivity contribution in [3.05, 3.63) is 36.6 Å². The smallest absolute Gasteiger partial charge is 0.261 e. The van der Waals surface area contributed by atoms with Gasteiger partial charge in [0.2, 0.25) is 11.8 Å². The normalized spacial score (nSPS) is 24.1. The molecule has 2 aliphatic rings. The Morgan fingerprint density at radius 3 is 2.55 bits per heavy atom. The molecule has 1 aliphatic carbocycles. The van der Waals surface area contributed by atoms with E-state index in [9.17, 15) is 9.59 Å². The second-order valence-electron chi connectivity index (χ2n) is 5.45. The van der Waals surface area contributed by atoms with Crippen LogP contribution in [-0.4, -0.2) is 26.9 Å². The number of hydrogen-bond acceptors (Lipinski definition) is 6. The fourth-order valence-corrected chi connectivity index (χ4v) is 2.99.